The van der Waals surface area contributed by atoms with Crippen molar-refractivity contribution in [1.29, 1.82) is 5.41 Å². The third-order valence-corrected chi connectivity index (χ3v) is 6.58. The number of nitrogens with zero attached hydrogens (tertiary/aromatic N) is 2. The monoisotopic (exact) mass is 462 g/mol. The number of aromatic nitrogens is 2. The maximum Gasteiger partial charge on any atom is 0.175 e. The summed E-state index contributed by atoms with van der Waals surface area (Å²) < 4.78 is 29.0. The molecule has 7 nitrogen and oxygen atoms in total. The first kappa shape index (κ1) is 22.8. The number of nitrogens with one attached hydrogen (secondary N) is 2. The van der Waals surface area contributed by atoms with Crippen molar-refractivity contribution in [3.8, 4) is 11.3 Å². The van der Waals surface area contributed by atoms with Crippen LogP contribution in [0.15, 0.2) is 71.9 Å². The largest absolute Gasteiger partial charge is 0.385 e. The van der Waals surface area contributed by atoms with E-state index in [4.69, 9.17) is 10.1 Å². The Morgan fingerprint density at radius 2 is 1.97 bits per heavy atom. The minimum Gasteiger partial charge on any atom is -0.385 e. The number of pyridine rings is 2. The molecule has 0 radical (unpaired) electrons. The summed E-state index contributed by atoms with van der Waals surface area (Å²) in [4.78, 5) is 9.25. The van der Waals surface area contributed by atoms with Crippen LogP contribution in [0.4, 0.5) is 0 Å². The van der Waals surface area contributed by atoms with Gasteiger partial charge in [0.25, 0.3) is 0 Å². The standard InChI is InChI=1S/C25H26N4O3S/c1-17-4-3-5-23(29-17)25(26)22(15-28-20-11-13-32-16-20)19-10-12-27-24(14-19)18-6-8-21(9-7-18)33(2,30)31/h3-10,12,14-15,20,26,28H,11,13,16H2,1-2H3/b22-15-,26-25?/t20-/m0/s1. The fourth-order valence-electron chi connectivity index (χ4n) is 3.62. The van der Waals surface area contributed by atoms with Gasteiger partial charge in [0, 0.05) is 42.1 Å². The van der Waals surface area contributed by atoms with Gasteiger partial charge in [0.2, 0.25) is 0 Å². The molecular weight excluding hydrogens is 436 g/mol. The summed E-state index contributed by atoms with van der Waals surface area (Å²) in [6.07, 6.45) is 5.65. The molecule has 0 spiro atoms. The predicted octanol–water partition coefficient (Wildman–Crippen LogP) is 3.64. The van der Waals surface area contributed by atoms with Crippen molar-refractivity contribution < 1.29 is 13.2 Å². The van der Waals surface area contributed by atoms with Crippen LogP contribution in [-0.2, 0) is 14.6 Å². The van der Waals surface area contributed by atoms with Gasteiger partial charge in [-0.15, -0.1) is 0 Å². The van der Waals surface area contributed by atoms with Crippen molar-refractivity contribution in [1.82, 2.24) is 15.3 Å². The quantitative estimate of drug-likeness (QED) is 0.520. The summed E-state index contributed by atoms with van der Waals surface area (Å²) in [5.74, 6) is 0. The summed E-state index contributed by atoms with van der Waals surface area (Å²) in [6, 6.07) is 16.2. The van der Waals surface area contributed by atoms with Gasteiger partial charge >= 0.3 is 0 Å². The van der Waals surface area contributed by atoms with Crippen molar-refractivity contribution in [2.45, 2.75) is 24.3 Å². The summed E-state index contributed by atoms with van der Waals surface area (Å²) in [6.45, 7) is 3.26. The Morgan fingerprint density at radius 3 is 2.64 bits per heavy atom. The second-order valence-electron chi connectivity index (χ2n) is 8.05. The van der Waals surface area contributed by atoms with Crippen molar-refractivity contribution in [2.24, 2.45) is 0 Å². The van der Waals surface area contributed by atoms with Crippen molar-refractivity contribution in [3.63, 3.8) is 0 Å². The van der Waals surface area contributed by atoms with Crippen LogP contribution < -0.4 is 5.32 Å². The fraction of sp³-hybridized carbons (Fsp3) is 0.240. The number of aryl methyl sites for hydroxylation is 1. The van der Waals surface area contributed by atoms with Gasteiger partial charge in [-0.25, -0.2) is 8.42 Å². The molecule has 2 aromatic heterocycles. The maximum atomic E-state index is 11.8. The number of rotatable bonds is 7. The zero-order valence-corrected chi connectivity index (χ0v) is 19.4. The maximum absolute atomic E-state index is 11.8. The lowest BCUT2D eigenvalue weighted by Crippen LogP contribution is -2.25. The first-order chi connectivity index (χ1) is 15.8. The highest BCUT2D eigenvalue weighted by molar-refractivity contribution is 7.90. The second kappa shape index (κ2) is 9.64. The molecule has 0 bridgehead atoms. The van der Waals surface area contributed by atoms with Gasteiger partial charge in [0.05, 0.1) is 34.6 Å². The normalized spacial score (nSPS) is 16.5. The molecular formula is C25H26N4O3S. The smallest absolute Gasteiger partial charge is 0.175 e. The molecule has 8 heteroatoms. The van der Waals surface area contributed by atoms with Gasteiger partial charge in [-0.1, -0.05) is 18.2 Å². The number of hydrogen-bond acceptors (Lipinski definition) is 7. The SMILES string of the molecule is Cc1cccc(C(=N)/C(=C\N[C@H]2CCOC2)c2ccnc(-c3ccc(S(C)(=O)=O)cc3)c2)n1. The van der Waals surface area contributed by atoms with E-state index in [1.165, 1.54) is 6.26 Å². The second-order valence-corrected chi connectivity index (χ2v) is 10.1. The number of ether oxygens (including phenoxy) is 1. The van der Waals surface area contributed by atoms with E-state index in [0.29, 0.717) is 29.3 Å². The molecule has 0 saturated carbocycles. The Bertz CT molecular complexity index is 1300. The Hall–Kier alpha value is -3.36. The van der Waals surface area contributed by atoms with E-state index in [9.17, 15) is 8.42 Å². The first-order valence-corrected chi connectivity index (χ1v) is 12.5. The minimum atomic E-state index is -3.27. The third-order valence-electron chi connectivity index (χ3n) is 5.46. The molecule has 0 aliphatic carbocycles. The van der Waals surface area contributed by atoms with Gasteiger partial charge in [0.15, 0.2) is 9.84 Å². The molecule has 0 amide bonds. The first-order valence-electron chi connectivity index (χ1n) is 10.6. The Morgan fingerprint density at radius 1 is 1.18 bits per heavy atom. The van der Waals surface area contributed by atoms with E-state index >= 15 is 0 Å². The van der Waals surface area contributed by atoms with Crippen LogP contribution >= 0.6 is 0 Å². The van der Waals surface area contributed by atoms with Gasteiger partial charge < -0.3 is 10.1 Å². The van der Waals surface area contributed by atoms with Crippen LogP contribution in [0.5, 0.6) is 0 Å². The fourth-order valence-corrected chi connectivity index (χ4v) is 4.25. The Kier molecular flexibility index (Phi) is 6.67. The summed E-state index contributed by atoms with van der Waals surface area (Å²) in [7, 11) is -3.27. The number of allylic oxidation sites excluding steroid dienone is 1. The lowest BCUT2D eigenvalue weighted by atomic mass is 9.98. The molecule has 3 aromatic rings. The molecule has 1 atom stereocenters. The summed E-state index contributed by atoms with van der Waals surface area (Å²) in [5.41, 5.74) is 4.71. The third kappa shape index (κ3) is 5.53. The van der Waals surface area contributed by atoms with Crippen LogP contribution in [0.25, 0.3) is 16.8 Å². The molecule has 1 aliphatic heterocycles. The predicted molar refractivity (Wildman–Crippen MR) is 129 cm³/mol. The molecule has 33 heavy (non-hydrogen) atoms. The van der Waals surface area contributed by atoms with Crippen LogP contribution in [0, 0.1) is 12.3 Å². The average molecular weight is 463 g/mol. The van der Waals surface area contributed by atoms with Gasteiger partial charge in [0.1, 0.15) is 0 Å². The molecule has 1 aromatic carbocycles. The van der Waals surface area contributed by atoms with Crippen LogP contribution in [0.3, 0.4) is 0 Å². The van der Waals surface area contributed by atoms with Crippen LogP contribution in [0.2, 0.25) is 0 Å². The molecule has 2 N–H and O–H groups in total. The number of benzene rings is 1. The van der Waals surface area contributed by atoms with Crippen molar-refractivity contribution in [3.05, 3.63) is 83.9 Å². The number of hydrogen-bond donors (Lipinski definition) is 2. The molecule has 0 unspecified atom stereocenters. The lowest BCUT2D eigenvalue weighted by Gasteiger charge is -2.14. The summed E-state index contributed by atoms with van der Waals surface area (Å²) >= 11 is 0. The van der Waals surface area contributed by atoms with Crippen LogP contribution in [0.1, 0.15) is 23.4 Å². The van der Waals surface area contributed by atoms with E-state index in [-0.39, 0.29) is 10.9 Å². The zero-order chi connectivity index (χ0) is 23.4. The highest BCUT2D eigenvalue weighted by Gasteiger charge is 2.17. The molecule has 4 rings (SSSR count). The Balaban J connectivity index is 1.71. The van der Waals surface area contributed by atoms with Gasteiger partial charge in [-0.05, 0) is 55.3 Å². The topological polar surface area (TPSA) is 105 Å². The molecule has 1 saturated heterocycles. The average Bonchev–Trinajstić information content (AvgIpc) is 3.32. The molecule has 3 heterocycles. The molecule has 1 aliphatic rings. The van der Waals surface area contributed by atoms with E-state index < -0.39 is 9.84 Å². The Labute approximate surface area is 194 Å². The van der Waals surface area contributed by atoms with E-state index in [1.54, 1.807) is 30.5 Å². The van der Waals surface area contributed by atoms with Gasteiger partial charge in [-0.2, -0.15) is 0 Å². The number of sulfone groups is 1. The van der Waals surface area contributed by atoms with E-state index in [2.05, 4.69) is 15.3 Å². The minimum absolute atomic E-state index is 0.197. The van der Waals surface area contributed by atoms with E-state index in [1.807, 2.05) is 43.5 Å². The highest BCUT2D eigenvalue weighted by atomic mass is 32.2. The lowest BCUT2D eigenvalue weighted by molar-refractivity contribution is 0.192. The van der Waals surface area contributed by atoms with Crippen molar-refractivity contribution in [2.75, 3.05) is 19.5 Å². The zero-order valence-electron chi connectivity index (χ0n) is 18.6. The molecule has 170 valence electrons. The van der Waals surface area contributed by atoms with Crippen LogP contribution in [-0.4, -0.2) is 49.6 Å². The highest BCUT2D eigenvalue weighted by Crippen LogP contribution is 2.25. The van der Waals surface area contributed by atoms with E-state index in [0.717, 1.165) is 29.8 Å². The molecule has 1 fully saturated rings. The van der Waals surface area contributed by atoms with Crippen molar-refractivity contribution >= 4 is 21.1 Å². The summed E-state index contributed by atoms with van der Waals surface area (Å²) in [5, 5.41) is 12.3. The van der Waals surface area contributed by atoms with Gasteiger partial charge in [-0.3, -0.25) is 15.4 Å².